The highest BCUT2D eigenvalue weighted by molar-refractivity contribution is 7.99. The highest BCUT2D eigenvalue weighted by Gasteiger charge is 2.02. The molecule has 5 heteroatoms. The van der Waals surface area contributed by atoms with E-state index in [9.17, 15) is 9.59 Å². The number of carbonyl (C=O) groups excluding carboxylic acids is 1. The summed E-state index contributed by atoms with van der Waals surface area (Å²) in [5, 5.41) is 9.20. The number of carboxylic acids is 1. The monoisotopic (exact) mass is 197 g/mol. The van der Waals surface area contributed by atoms with Gasteiger partial charge in [0.05, 0.1) is 16.3 Å². The lowest BCUT2D eigenvalue weighted by Crippen LogP contribution is -1.96. The van der Waals surface area contributed by atoms with Gasteiger partial charge < -0.3 is 9.90 Å². The lowest BCUT2D eigenvalue weighted by molar-refractivity contribution is -0.105. The zero-order valence-electron chi connectivity index (χ0n) is 6.64. The summed E-state index contributed by atoms with van der Waals surface area (Å²) in [7, 11) is 0. The Labute approximate surface area is 79.0 Å². The van der Waals surface area contributed by atoms with Crippen molar-refractivity contribution in [2.75, 3.05) is 5.75 Å². The largest absolute Gasteiger partial charge is 0.478 e. The molecule has 0 aliphatic rings. The van der Waals surface area contributed by atoms with Crippen molar-refractivity contribution in [2.24, 2.45) is 0 Å². The molecule has 1 rings (SSSR count). The summed E-state index contributed by atoms with van der Waals surface area (Å²) in [6, 6.07) is 3.04. The van der Waals surface area contributed by atoms with Gasteiger partial charge in [-0.3, -0.25) is 0 Å². The molecule has 13 heavy (non-hydrogen) atoms. The number of thioether (sulfide) groups is 1. The quantitative estimate of drug-likeness (QED) is 0.577. The summed E-state index contributed by atoms with van der Waals surface area (Å²) < 4.78 is 0. The Bertz CT molecular complexity index is 310. The van der Waals surface area contributed by atoms with Gasteiger partial charge in [0.2, 0.25) is 0 Å². The van der Waals surface area contributed by atoms with E-state index in [1.807, 2.05) is 0 Å². The number of hydrogen-bond donors (Lipinski definition) is 1. The number of nitrogens with zero attached hydrogens (tertiary/aromatic N) is 1. The number of carbonyl (C=O) groups is 2. The molecule has 0 aliphatic heterocycles. The van der Waals surface area contributed by atoms with E-state index in [0.717, 1.165) is 6.29 Å². The Kier molecular flexibility index (Phi) is 3.45. The molecule has 1 aromatic heterocycles. The van der Waals surface area contributed by atoms with Gasteiger partial charge in [0.25, 0.3) is 0 Å². The second-order valence-corrected chi connectivity index (χ2v) is 3.21. The number of rotatable bonds is 4. The first-order chi connectivity index (χ1) is 6.24. The normalized spacial score (nSPS) is 9.54. The van der Waals surface area contributed by atoms with Crippen LogP contribution in [0.4, 0.5) is 0 Å². The van der Waals surface area contributed by atoms with E-state index in [4.69, 9.17) is 5.11 Å². The summed E-state index contributed by atoms with van der Waals surface area (Å²) in [5.74, 6) is -0.668. The third-order valence-corrected chi connectivity index (χ3v) is 2.12. The first-order valence-corrected chi connectivity index (χ1v) is 4.48. The van der Waals surface area contributed by atoms with E-state index in [-0.39, 0.29) is 5.56 Å². The number of aromatic nitrogens is 1. The second kappa shape index (κ2) is 4.61. The van der Waals surface area contributed by atoms with Gasteiger partial charge in [-0.2, -0.15) is 0 Å². The average molecular weight is 197 g/mol. The highest BCUT2D eigenvalue weighted by Crippen LogP contribution is 2.13. The molecule has 0 amide bonds. The Hall–Kier alpha value is -1.36. The first kappa shape index (κ1) is 9.73. The maximum absolute atomic E-state index is 10.4. The fraction of sp³-hybridized carbons (Fsp3) is 0.125. The van der Waals surface area contributed by atoms with Gasteiger partial charge in [-0.25, -0.2) is 9.78 Å². The minimum absolute atomic E-state index is 0.149. The van der Waals surface area contributed by atoms with Crippen LogP contribution >= 0.6 is 11.8 Å². The summed E-state index contributed by atoms with van der Waals surface area (Å²) in [6.07, 6.45) is 2.05. The van der Waals surface area contributed by atoms with Crippen LogP contribution in [0.5, 0.6) is 0 Å². The molecule has 0 saturated heterocycles. The molecule has 68 valence electrons. The summed E-state index contributed by atoms with van der Waals surface area (Å²) in [6.45, 7) is 0. The van der Waals surface area contributed by atoms with Crippen LogP contribution in [0.3, 0.4) is 0 Å². The summed E-state index contributed by atoms with van der Waals surface area (Å²) >= 11 is 1.27. The molecule has 0 atom stereocenters. The molecule has 0 aromatic carbocycles. The number of pyridine rings is 1. The van der Waals surface area contributed by atoms with Gasteiger partial charge in [-0.15, -0.1) is 0 Å². The van der Waals surface area contributed by atoms with Crippen LogP contribution in [0.1, 0.15) is 10.4 Å². The molecule has 0 fully saturated rings. The van der Waals surface area contributed by atoms with Crippen molar-refractivity contribution in [3.8, 4) is 0 Å². The van der Waals surface area contributed by atoms with E-state index in [2.05, 4.69) is 4.98 Å². The molecular formula is C8H7NO3S. The predicted molar refractivity (Wildman–Crippen MR) is 48.0 cm³/mol. The minimum atomic E-state index is -1.00. The van der Waals surface area contributed by atoms with Gasteiger partial charge in [0.15, 0.2) is 0 Å². The predicted octanol–water partition coefficient (Wildman–Crippen LogP) is 1.07. The number of carboxylic acid groups (broad SMARTS) is 1. The molecule has 0 radical (unpaired) electrons. The van der Waals surface area contributed by atoms with Crippen LogP contribution < -0.4 is 0 Å². The van der Waals surface area contributed by atoms with E-state index in [1.165, 1.54) is 24.0 Å². The van der Waals surface area contributed by atoms with Crippen molar-refractivity contribution < 1.29 is 14.7 Å². The molecule has 0 bridgehead atoms. The maximum Gasteiger partial charge on any atom is 0.337 e. The van der Waals surface area contributed by atoms with Crippen LogP contribution in [0.2, 0.25) is 0 Å². The van der Waals surface area contributed by atoms with Gasteiger partial charge in [0.1, 0.15) is 6.29 Å². The molecule has 0 unspecified atom stereocenters. The second-order valence-electron chi connectivity index (χ2n) is 2.17. The van der Waals surface area contributed by atoms with Crippen LogP contribution in [0, 0.1) is 0 Å². The molecule has 1 heterocycles. The molecular weight excluding hydrogens is 190 g/mol. The molecule has 1 N–H and O–H groups in total. The van der Waals surface area contributed by atoms with Crippen LogP contribution in [0.25, 0.3) is 0 Å². The van der Waals surface area contributed by atoms with Gasteiger partial charge in [-0.05, 0) is 12.1 Å². The topological polar surface area (TPSA) is 67.3 Å². The van der Waals surface area contributed by atoms with Gasteiger partial charge in [0, 0.05) is 6.20 Å². The minimum Gasteiger partial charge on any atom is -0.478 e. The zero-order valence-corrected chi connectivity index (χ0v) is 7.45. The fourth-order valence-electron chi connectivity index (χ4n) is 0.712. The van der Waals surface area contributed by atoms with Crippen LogP contribution in [-0.4, -0.2) is 28.1 Å². The number of hydrogen-bond acceptors (Lipinski definition) is 4. The Morgan fingerprint density at radius 3 is 2.85 bits per heavy atom. The molecule has 1 aromatic rings. The lowest BCUT2D eigenvalue weighted by atomic mass is 10.3. The van der Waals surface area contributed by atoms with Gasteiger partial charge >= 0.3 is 5.97 Å². The molecule has 0 aliphatic carbocycles. The Morgan fingerprint density at radius 1 is 1.62 bits per heavy atom. The maximum atomic E-state index is 10.4. The standard InChI is InChI=1S/C8H7NO3S/c10-3-4-13-7-2-1-6(5-9-7)8(11)12/h1-3,5H,4H2,(H,11,12). The van der Waals surface area contributed by atoms with Crippen molar-refractivity contribution in [3.63, 3.8) is 0 Å². The first-order valence-electron chi connectivity index (χ1n) is 3.50. The summed E-state index contributed by atoms with van der Waals surface area (Å²) in [4.78, 5) is 24.3. The van der Waals surface area contributed by atoms with E-state index < -0.39 is 5.97 Å². The molecule has 0 saturated carbocycles. The van der Waals surface area contributed by atoms with Gasteiger partial charge in [-0.1, -0.05) is 11.8 Å². The average Bonchev–Trinajstić information content (AvgIpc) is 2.15. The lowest BCUT2D eigenvalue weighted by Gasteiger charge is -1.96. The van der Waals surface area contributed by atoms with Crippen molar-refractivity contribution in [1.29, 1.82) is 0 Å². The molecule has 4 nitrogen and oxygen atoms in total. The Balaban J connectivity index is 2.69. The summed E-state index contributed by atoms with van der Waals surface area (Å²) in [5.41, 5.74) is 0.149. The van der Waals surface area contributed by atoms with Crippen LogP contribution in [-0.2, 0) is 4.79 Å². The van der Waals surface area contributed by atoms with E-state index >= 15 is 0 Å². The number of aromatic carboxylic acids is 1. The SMILES string of the molecule is O=CCSc1ccc(C(=O)O)cn1. The van der Waals surface area contributed by atoms with E-state index in [0.29, 0.717) is 10.8 Å². The molecule has 0 spiro atoms. The van der Waals surface area contributed by atoms with Crippen molar-refractivity contribution in [3.05, 3.63) is 23.9 Å². The van der Waals surface area contributed by atoms with Crippen molar-refractivity contribution in [2.45, 2.75) is 5.03 Å². The smallest absolute Gasteiger partial charge is 0.337 e. The van der Waals surface area contributed by atoms with E-state index in [1.54, 1.807) is 6.07 Å². The third kappa shape index (κ3) is 2.87. The highest BCUT2D eigenvalue weighted by atomic mass is 32.2. The number of aldehydes is 1. The third-order valence-electron chi connectivity index (χ3n) is 1.28. The van der Waals surface area contributed by atoms with Crippen molar-refractivity contribution in [1.82, 2.24) is 4.98 Å². The Morgan fingerprint density at radius 2 is 2.38 bits per heavy atom. The fourth-order valence-corrected chi connectivity index (χ4v) is 1.24. The zero-order chi connectivity index (χ0) is 9.68. The van der Waals surface area contributed by atoms with Crippen LogP contribution in [0.15, 0.2) is 23.4 Å². The van der Waals surface area contributed by atoms with Crippen molar-refractivity contribution >= 4 is 24.0 Å².